The van der Waals surface area contributed by atoms with Gasteiger partial charge in [-0.1, -0.05) is 36.2 Å². The average molecular weight is 470 g/mol. The Hall–Kier alpha value is -1.96. The van der Waals surface area contributed by atoms with E-state index in [4.69, 9.17) is 23.2 Å². The highest BCUT2D eigenvalue weighted by Crippen LogP contribution is 2.26. The zero-order valence-electron chi connectivity index (χ0n) is 17.0. The van der Waals surface area contributed by atoms with Crippen LogP contribution in [0.25, 0.3) is 0 Å². The van der Waals surface area contributed by atoms with Crippen LogP contribution in [0.1, 0.15) is 13.3 Å². The van der Waals surface area contributed by atoms with Crippen LogP contribution in [0.15, 0.2) is 48.5 Å². The van der Waals surface area contributed by atoms with Crippen LogP contribution < -0.4 is 9.21 Å². The van der Waals surface area contributed by atoms with Crippen molar-refractivity contribution >= 4 is 50.5 Å². The number of anilines is 2. The molecule has 6 nitrogen and oxygen atoms in total. The van der Waals surface area contributed by atoms with Gasteiger partial charge in [-0.25, -0.2) is 8.42 Å². The molecule has 0 N–H and O–H groups in total. The summed E-state index contributed by atoms with van der Waals surface area (Å²) in [5.74, 6) is -0.191. The molecule has 1 saturated heterocycles. The first-order valence-electron chi connectivity index (χ1n) is 9.75. The molecule has 1 atom stereocenters. The molecule has 2 aromatic carbocycles. The van der Waals surface area contributed by atoms with E-state index in [1.54, 1.807) is 29.2 Å². The number of amides is 1. The molecule has 2 aromatic rings. The fourth-order valence-electron chi connectivity index (χ4n) is 3.70. The van der Waals surface area contributed by atoms with Crippen LogP contribution in [0.3, 0.4) is 0 Å². The molecule has 1 aliphatic heterocycles. The molecule has 1 fully saturated rings. The number of hydrogen-bond donors (Lipinski definition) is 0. The normalized spacial score (nSPS) is 15.7. The van der Waals surface area contributed by atoms with Gasteiger partial charge >= 0.3 is 0 Å². The van der Waals surface area contributed by atoms with E-state index in [0.717, 1.165) is 11.9 Å². The SMILES string of the molecule is CCC(C(=O)N1CCN(c2cccc(Cl)c2)CC1)N(c1ccc(Cl)cc1)S(C)(=O)=O. The monoisotopic (exact) mass is 469 g/mol. The van der Waals surface area contributed by atoms with Crippen LogP contribution in [0.4, 0.5) is 11.4 Å². The topological polar surface area (TPSA) is 60.9 Å². The zero-order valence-corrected chi connectivity index (χ0v) is 19.3. The second kappa shape index (κ2) is 9.45. The van der Waals surface area contributed by atoms with Gasteiger partial charge in [0.25, 0.3) is 0 Å². The lowest BCUT2D eigenvalue weighted by atomic mass is 10.1. The van der Waals surface area contributed by atoms with Crippen LogP contribution in [-0.4, -0.2) is 57.7 Å². The first kappa shape index (κ1) is 22.7. The minimum absolute atomic E-state index is 0.191. The predicted molar refractivity (Wildman–Crippen MR) is 123 cm³/mol. The summed E-state index contributed by atoms with van der Waals surface area (Å²) in [6, 6.07) is 13.3. The smallest absolute Gasteiger partial charge is 0.246 e. The van der Waals surface area contributed by atoms with Crippen molar-refractivity contribution in [3.8, 4) is 0 Å². The van der Waals surface area contributed by atoms with Crippen molar-refractivity contribution in [1.82, 2.24) is 4.90 Å². The Balaban J connectivity index is 1.77. The second-order valence-corrected chi connectivity index (χ2v) is 9.98. The van der Waals surface area contributed by atoms with Crippen LogP contribution in [-0.2, 0) is 14.8 Å². The van der Waals surface area contributed by atoms with Gasteiger partial charge in [0.1, 0.15) is 6.04 Å². The highest BCUT2D eigenvalue weighted by molar-refractivity contribution is 7.92. The van der Waals surface area contributed by atoms with Crippen molar-refractivity contribution in [2.75, 3.05) is 41.6 Å². The molecular formula is C21H25Cl2N3O3S. The number of halogens is 2. The lowest BCUT2D eigenvalue weighted by Crippen LogP contribution is -2.56. The minimum atomic E-state index is -3.67. The van der Waals surface area contributed by atoms with E-state index in [9.17, 15) is 13.2 Å². The van der Waals surface area contributed by atoms with Crippen LogP contribution in [0, 0.1) is 0 Å². The third-order valence-corrected chi connectivity index (χ3v) is 6.82. The van der Waals surface area contributed by atoms with E-state index >= 15 is 0 Å². The Morgan fingerprint density at radius 3 is 2.20 bits per heavy atom. The van der Waals surface area contributed by atoms with Crippen LogP contribution in [0.2, 0.25) is 10.0 Å². The van der Waals surface area contributed by atoms with Gasteiger partial charge in [-0.15, -0.1) is 0 Å². The third kappa shape index (κ3) is 5.20. The fraction of sp³-hybridized carbons (Fsp3) is 0.381. The predicted octanol–water partition coefficient (Wildman–Crippen LogP) is 3.89. The second-order valence-electron chi connectivity index (χ2n) is 7.25. The van der Waals surface area contributed by atoms with Gasteiger partial charge in [0.2, 0.25) is 15.9 Å². The molecule has 0 spiro atoms. The lowest BCUT2D eigenvalue weighted by Gasteiger charge is -2.39. The fourth-order valence-corrected chi connectivity index (χ4v) is 5.22. The molecule has 0 saturated carbocycles. The van der Waals surface area contributed by atoms with Gasteiger partial charge in [0.15, 0.2) is 0 Å². The molecule has 0 bridgehead atoms. The van der Waals surface area contributed by atoms with Gasteiger partial charge < -0.3 is 9.80 Å². The van der Waals surface area contributed by atoms with Crippen molar-refractivity contribution in [2.24, 2.45) is 0 Å². The molecule has 0 radical (unpaired) electrons. The summed E-state index contributed by atoms with van der Waals surface area (Å²) in [7, 11) is -3.67. The van der Waals surface area contributed by atoms with Crippen LogP contribution in [0.5, 0.6) is 0 Å². The Morgan fingerprint density at radius 2 is 1.67 bits per heavy atom. The Morgan fingerprint density at radius 1 is 1.03 bits per heavy atom. The van der Waals surface area contributed by atoms with Crippen molar-refractivity contribution in [3.05, 3.63) is 58.6 Å². The molecule has 1 aliphatic rings. The molecule has 162 valence electrons. The van der Waals surface area contributed by atoms with E-state index in [-0.39, 0.29) is 5.91 Å². The molecule has 3 rings (SSSR count). The van der Waals surface area contributed by atoms with Gasteiger partial charge in [-0.05, 0) is 48.9 Å². The number of sulfonamides is 1. The van der Waals surface area contributed by atoms with E-state index in [1.807, 2.05) is 31.2 Å². The maximum atomic E-state index is 13.3. The molecule has 0 aliphatic carbocycles. The number of piperazine rings is 1. The summed E-state index contributed by atoms with van der Waals surface area (Å²) in [5.41, 5.74) is 1.44. The van der Waals surface area contributed by atoms with Crippen molar-refractivity contribution in [1.29, 1.82) is 0 Å². The Kier molecular flexibility index (Phi) is 7.16. The summed E-state index contributed by atoms with van der Waals surface area (Å²) < 4.78 is 26.4. The standard InChI is InChI=1S/C21H25Cl2N3O3S/c1-3-20(26(30(2,28)29)18-9-7-16(22)8-10-18)21(27)25-13-11-24(12-14-25)19-6-4-5-17(23)15-19/h4-10,15,20H,3,11-14H2,1-2H3. The number of hydrogen-bond acceptors (Lipinski definition) is 4. The Bertz CT molecular complexity index is 991. The molecule has 1 heterocycles. The molecule has 1 amide bonds. The average Bonchev–Trinajstić information content (AvgIpc) is 2.71. The van der Waals surface area contributed by atoms with Gasteiger partial charge in [-0.2, -0.15) is 0 Å². The Labute approximate surface area is 188 Å². The molecule has 0 aromatic heterocycles. The van der Waals surface area contributed by atoms with E-state index in [2.05, 4.69) is 4.90 Å². The summed E-state index contributed by atoms with van der Waals surface area (Å²) >= 11 is 12.0. The van der Waals surface area contributed by atoms with Gasteiger partial charge in [0.05, 0.1) is 11.9 Å². The van der Waals surface area contributed by atoms with Crippen molar-refractivity contribution in [3.63, 3.8) is 0 Å². The summed E-state index contributed by atoms with van der Waals surface area (Å²) in [6.07, 6.45) is 1.48. The quantitative estimate of drug-likeness (QED) is 0.643. The molecule has 1 unspecified atom stereocenters. The number of carbonyl (C=O) groups excluding carboxylic acids is 1. The first-order valence-corrected chi connectivity index (χ1v) is 12.4. The first-order chi connectivity index (χ1) is 14.2. The third-order valence-electron chi connectivity index (χ3n) is 5.16. The highest BCUT2D eigenvalue weighted by Gasteiger charge is 2.35. The highest BCUT2D eigenvalue weighted by atomic mass is 35.5. The van der Waals surface area contributed by atoms with E-state index in [0.29, 0.717) is 48.3 Å². The van der Waals surface area contributed by atoms with E-state index < -0.39 is 16.1 Å². The zero-order chi connectivity index (χ0) is 21.9. The summed E-state index contributed by atoms with van der Waals surface area (Å²) in [6.45, 7) is 4.16. The number of rotatable bonds is 6. The maximum Gasteiger partial charge on any atom is 0.246 e. The molecule has 9 heteroatoms. The largest absolute Gasteiger partial charge is 0.368 e. The lowest BCUT2D eigenvalue weighted by molar-refractivity contribution is -0.132. The van der Waals surface area contributed by atoms with Crippen LogP contribution >= 0.6 is 23.2 Å². The maximum absolute atomic E-state index is 13.3. The number of nitrogens with zero attached hydrogens (tertiary/aromatic N) is 3. The summed E-state index contributed by atoms with van der Waals surface area (Å²) in [4.78, 5) is 17.2. The molecular weight excluding hydrogens is 445 g/mol. The van der Waals surface area contributed by atoms with Crippen molar-refractivity contribution < 1.29 is 13.2 Å². The van der Waals surface area contributed by atoms with Gasteiger partial charge in [0, 0.05) is 41.9 Å². The number of benzene rings is 2. The number of carbonyl (C=O) groups is 1. The van der Waals surface area contributed by atoms with E-state index in [1.165, 1.54) is 4.31 Å². The summed E-state index contributed by atoms with van der Waals surface area (Å²) in [5, 5.41) is 1.17. The van der Waals surface area contributed by atoms with Gasteiger partial charge in [-0.3, -0.25) is 9.10 Å². The minimum Gasteiger partial charge on any atom is -0.368 e. The molecule has 30 heavy (non-hydrogen) atoms. The van der Waals surface area contributed by atoms with Crippen molar-refractivity contribution in [2.45, 2.75) is 19.4 Å².